The molecule has 1 unspecified atom stereocenters. The van der Waals surface area contributed by atoms with E-state index >= 15 is 0 Å². The van der Waals surface area contributed by atoms with Crippen molar-refractivity contribution < 1.29 is 14.7 Å². The lowest BCUT2D eigenvalue weighted by atomic mass is 9.90. The number of carbonyl (C=O) groups excluding carboxylic acids is 1. The van der Waals surface area contributed by atoms with Gasteiger partial charge in [0.05, 0.1) is 5.54 Å². The van der Waals surface area contributed by atoms with Crippen molar-refractivity contribution in [2.75, 3.05) is 11.9 Å². The fraction of sp³-hybridized carbons (Fsp3) is 0.500. The van der Waals surface area contributed by atoms with Gasteiger partial charge in [-0.1, -0.05) is 12.1 Å². The van der Waals surface area contributed by atoms with E-state index in [1.807, 2.05) is 31.2 Å². The van der Waals surface area contributed by atoms with Gasteiger partial charge in [0.25, 0.3) is 0 Å². The Labute approximate surface area is 124 Å². The number of rotatable bonds is 5. The van der Waals surface area contributed by atoms with Gasteiger partial charge in [0, 0.05) is 12.1 Å². The standard InChI is InChI=1S/C16H22N2O3/c1-16(10-2-3-11-17-16)15(21)18-13-7-4-12(5-8-13)6-9-14(19)20/h4-5,7-8,17H,2-3,6,9-11H2,1H3,(H,18,21)(H,19,20). The second-order valence-electron chi connectivity index (χ2n) is 5.76. The predicted molar refractivity (Wildman–Crippen MR) is 81.3 cm³/mol. The summed E-state index contributed by atoms with van der Waals surface area (Å²) in [7, 11) is 0. The van der Waals surface area contributed by atoms with Gasteiger partial charge < -0.3 is 15.7 Å². The smallest absolute Gasteiger partial charge is 0.303 e. The first-order valence-corrected chi connectivity index (χ1v) is 7.37. The number of piperidine rings is 1. The van der Waals surface area contributed by atoms with Crippen molar-refractivity contribution in [1.29, 1.82) is 0 Å². The Balaban J connectivity index is 1.93. The second kappa shape index (κ2) is 6.72. The minimum absolute atomic E-state index is 0.0134. The van der Waals surface area contributed by atoms with Crippen LogP contribution in [0.1, 0.15) is 38.2 Å². The molecule has 5 heteroatoms. The fourth-order valence-corrected chi connectivity index (χ4v) is 2.53. The molecule has 0 radical (unpaired) electrons. The first-order chi connectivity index (χ1) is 9.99. The Hall–Kier alpha value is -1.88. The third-order valence-electron chi connectivity index (χ3n) is 3.96. The molecule has 3 N–H and O–H groups in total. The van der Waals surface area contributed by atoms with Gasteiger partial charge in [-0.2, -0.15) is 0 Å². The number of hydrogen-bond acceptors (Lipinski definition) is 3. The Kier molecular flexibility index (Phi) is 4.96. The maximum absolute atomic E-state index is 12.3. The van der Waals surface area contributed by atoms with Crippen LogP contribution in [0.4, 0.5) is 5.69 Å². The van der Waals surface area contributed by atoms with E-state index in [0.29, 0.717) is 6.42 Å². The van der Waals surface area contributed by atoms with E-state index in [9.17, 15) is 9.59 Å². The molecular formula is C16H22N2O3. The first kappa shape index (κ1) is 15.5. The summed E-state index contributed by atoms with van der Waals surface area (Å²) in [5.41, 5.74) is 1.20. The molecule has 0 aliphatic carbocycles. The van der Waals surface area contributed by atoms with Crippen LogP contribution in [0.2, 0.25) is 0 Å². The molecule has 1 aromatic carbocycles. The van der Waals surface area contributed by atoms with Gasteiger partial charge in [0.1, 0.15) is 0 Å². The van der Waals surface area contributed by atoms with Gasteiger partial charge in [0.2, 0.25) is 5.91 Å². The van der Waals surface area contributed by atoms with Crippen molar-refractivity contribution >= 4 is 17.6 Å². The summed E-state index contributed by atoms with van der Waals surface area (Å²) in [6.07, 6.45) is 3.64. The van der Waals surface area contributed by atoms with Crippen molar-refractivity contribution in [2.24, 2.45) is 0 Å². The van der Waals surface area contributed by atoms with Crippen LogP contribution in [-0.2, 0) is 16.0 Å². The number of amides is 1. The highest BCUT2D eigenvalue weighted by Gasteiger charge is 2.34. The largest absolute Gasteiger partial charge is 0.481 e. The molecule has 2 rings (SSSR count). The van der Waals surface area contributed by atoms with Crippen LogP contribution in [-0.4, -0.2) is 29.1 Å². The van der Waals surface area contributed by atoms with Gasteiger partial charge in [0.15, 0.2) is 0 Å². The zero-order valence-electron chi connectivity index (χ0n) is 12.3. The van der Waals surface area contributed by atoms with Gasteiger partial charge >= 0.3 is 5.97 Å². The number of carboxylic acids is 1. The van der Waals surface area contributed by atoms with Gasteiger partial charge in [-0.3, -0.25) is 9.59 Å². The van der Waals surface area contributed by atoms with Crippen molar-refractivity contribution in [3.05, 3.63) is 29.8 Å². The SMILES string of the molecule is CC1(C(=O)Nc2ccc(CCC(=O)O)cc2)CCCCN1. The second-order valence-corrected chi connectivity index (χ2v) is 5.76. The molecule has 1 saturated heterocycles. The number of carbonyl (C=O) groups is 2. The normalized spacial score (nSPS) is 21.8. The summed E-state index contributed by atoms with van der Waals surface area (Å²) < 4.78 is 0. The third kappa shape index (κ3) is 4.29. The number of carboxylic acid groups (broad SMARTS) is 1. The molecule has 21 heavy (non-hydrogen) atoms. The Bertz CT molecular complexity index is 505. The van der Waals surface area contributed by atoms with Gasteiger partial charge in [-0.15, -0.1) is 0 Å². The summed E-state index contributed by atoms with van der Waals surface area (Å²) >= 11 is 0. The van der Waals surface area contributed by atoms with Crippen LogP contribution < -0.4 is 10.6 Å². The van der Waals surface area contributed by atoms with Crippen molar-refractivity contribution in [2.45, 2.75) is 44.6 Å². The van der Waals surface area contributed by atoms with Crippen LogP contribution in [0.15, 0.2) is 24.3 Å². The molecule has 1 aliphatic heterocycles. The fourth-order valence-electron chi connectivity index (χ4n) is 2.53. The van der Waals surface area contributed by atoms with Gasteiger partial charge in [-0.05, 0) is 56.8 Å². The molecule has 1 heterocycles. The highest BCUT2D eigenvalue weighted by Crippen LogP contribution is 2.21. The number of nitrogens with one attached hydrogen (secondary N) is 2. The molecular weight excluding hydrogens is 268 g/mol. The minimum Gasteiger partial charge on any atom is -0.481 e. The first-order valence-electron chi connectivity index (χ1n) is 7.37. The van der Waals surface area contributed by atoms with E-state index in [1.54, 1.807) is 0 Å². The Morgan fingerprint density at radius 2 is 2.00 bits per heavy atom. The van der Waals surface area contributed by atoms with Crippen molar-refractivity contribution in [3.8, 4) is 0 Å². The molecule has 1 aliphatic rings. The predicted octanol–water partition coefficient (Wildman–Crippen LogP) is 2.17. The summed E-state index contributed by atoms with van der Waals surface area (Å²) in [5.74, 6) is -0.816. The average molecular weight is 290 g/mol. The molecule has 0 saturated carbocycles. The van der Waals surface area contributed by atoms with E-state index in [-0.39, 0.29) is 12.3 Å². The molecule has 1 fully saturated rings. The zero-order chi connectivity index (χ0) is 15.3. The summed E-state index contributed by atoms with van der Waals surface area (Å²) in [6, 6.07) is 7.35. The highest BCUT2D eigenvalue weighted by atomic mass is 16.4. The molecule has 114 valence electrons. The number of aliphatic carboxylic acids is 1. The monoisotopic (exact) mass is 290 g/mol. The van der Waals surface area contributed by atoms with Crippen LogP contribution in [0.3, 0.4) is 0 Å². The lowest BCUT2D eigenvalue weighted by molar-refractivity contribution is -0.137. The van der Waals surface area contributed by atoms with Crippen LogP contribution in [0.5, 0.6) is 0 Å². The lowest BCUT2D eigenvalue weighted by Gasteiger charge is -2.33. The van der Waals surface area contributed by atoms with Crippen LogP contribution >= 0.6 is 0 Å². The molecule has 0 spiro atoms. The topological polar surface area (TPSA) is 78.4 Å². The highest BCUT2D eigenvalue weighted by molar-refractivity contribution is 5.97. The van der Waals surface area contributed by atoms with Crippen molar-refractivity contribution in [1.82, 2.24) is 5.32 Å². The number of hydrogen-bond donors (Lipinski definition) is 3. The Morgan fingerprint density at radius 3 is 2.57 bits per heavy atom. The van der Waals surface area contributed by atoms with E-state index in [0.717, 1.165) is 37.1 Å². The Morgan fingerprint density at radius 1 is 1.29 bits per heavy atom. The quantitative estimate of drug-likeness (QED) is 0.776. The number of aryl methyl sites for hydroxylation is 1. The zero-order valence-corrected chi connectivity index (χ0v) is 12.3. The number of anilines is 1. The van der Waals surface area contributed by atoms with E-state index in [1.165, 1.54) is 0 Å². The molecule has 0 aromatic heterocycles. The maximum atomic E-state index is 12.3. The molecule has 0 bridgehead atoms. The summed E-state index contributed by atoms with van der Waals surface area (Å²) in [6.45, 7) is 2.81. The number of benzene rings is 1. The van der Waals surface area contributed by atoms with E-state index in [2.05, 4.69) is 10.6 Å². The van der Waals surface area contributed by atoms with Crippen LogP contribution in [0.25, 0.3) is 0 Å². The third-order valence-corrected chi connectivity index (χ3v) is 3.96. The molecule has 1 atom stereocenters. The average Bonchev–Trinajstić information content (AvgIpc) is 2.47. The minimum atomic E-state index is -0.802. The van der Waals surface area contributed by atoms with E-state index < -0.39 is 11.5 Å². The lowest BCUT2D eigenvalue weighted by Crippen LogP contribution is -2.54. The summed E-state index contributed by atoms with van der Waals surface area (Å²) in [5, 5.41) is 14.9. The maximum Gasteiger partial charge on any atom is 0.303 e. The molecule has 5 nitrogen and oxygen atoms in total. The molecule has 1 aromatic rings. The van der Waals surface area contributed by atoms with Crippen molar-refractivity contribution in [3.63, 3.8) is 0 Å². The summed E-state index contributed by atoms with van der Waals surface area (Å²) in [4.78, 5) is 22.9. The molecule has 1 amide bonds. The van der Waals surface area contributed by atoms with E-state index in [4.69, 9.17) is 5.11 Å². The van der Waals surface area contributed by atoms with Crippen LogP contribution in [0, 0.1) is 0 Å². The van der Waals surface area contributed by atoms with Gasteiger partial charge in [-0.25, -0.2) is 0 Å².